The molecule has 0 radical (unpaired) electrons. The first kappa shape index (κ1) is 14.1. The highest BCUT2D eigenvalue weighted by Gasteiger charge is 2.53. The Bertz CT molecular complexity index is 649. The van der Waals surface area contributed by atoms with Crippen molar-refractivity contribution in [3.05, 3.63) is 28.8 Å². The van der Waals surface area contributed by atoms with Gasteiger partial charge in [0.15, 0.2) is 0 Å². The molecule has 1 saturated heterocycles. The highest BCUT2D eigenvalue weighted by molar-refractivity contribution is 6.35. The highest BCUT2D eigenvalue weighted by Crippen LogP contribution is 2.48. The van der Waals surface area contributed by atoms with Crippen molar-refractivity contribution < 1.29 is 19.5 Å². The number of aromatic carboxylic acids is 1. The maximum Gasteiger partial charge on any atom is 0.339 e. The summed E-state index contributed by atoms with van der Waals surface area (Å²) in [6.07, 6.45) is 3.40. The molecule has 5 nitrogen and oxygen atoms in total. The number of rotatable bonds is 2. The summed E-state index contributed by atoms with van der Waals surface area (Å²) in [6, 6.07) is 4.44. The Labute approximate surface area is 126 Å². The highest BCUT2D eigenvalue weighted by atomic mass is 35.5. The van der Waals surface area contributed by atoms with Crippen molar-refractivity contribution in [2.75, 3.05) is 4.90 Å². The van der Waals surface area contributed by atoms with E-state index in [2.05, 4.69) is 0 Å². The number of halogens is 1. The molecule has 0 unspecified atom stereocenters. The van der Waals surface area contributed by atoms with Crippen LogP contribution in [0.1, 0.15) is 42.5 Å². The summed E-state index contributed by atoms with van der Waals surface area (Å²) in [4.78, 5) is 37.4. The number of anilines is 1. The van der Waals surface area contributed by atoms with Gasteiger partial charge >= 0.3 is 5.97 Å². The molecule has 1 N–H and O–H groups in total. The van der Waals surface area contributed by atoms with Crippen molar-refractivity contribution in [1.82, 2.24) is 0 Å². The Balaban J connectivity index is 2.09. The van der Waals surface area contributed by atoms with Crippen molar-refractivity contribution in [2.24, 2.45) is 5.41 Å². The topological polar surface area (TPSA) is 74.7 Å². The van der Waals surface area contributed by atoms with Gasteiger partial charge in [0.25, 0.3) is 0 Å². The van der Waals surface area contributed by atoms with E-state index in [0.717, 1.165) is 17.7 Å². The SMILES string of the molecule is O=C(O)c1c(Cl)cccc1N1C(=O)CC2(CCCC2)C1=O. The number of carbonyl (C=O) groups is 3. The second kappa shape index (κ2) is 4.84. The summed E-state index contributed by atoms with van der Waals surface area (Å²) in [5.74, 6) is -1.87. The molecule has 2 amide bonds. The van der Waals surface area contributed by atoms with Crippen LogP contribution in [0, 0.1) is 5.41 Å². The van der Waals surface area contributed by atoms with Gasteiger partial charge < -0.3 is 5.11 Å². The summed E-state index contributed by atoms with van der Waals surface area (Å²) >= 11 is 5.92. The Morgan fingerprint density at radius 2 is 1.90 bits per heavy atom. The zero-order valence-corrected chi connectivity index (χ0v) is 12.0. The van der Waals surface area contributed by atoms with E-state index in [9.17, 15) is 19.5 Å². The number of amides is 2. The van der Waals surface area contributed by atoms with Crippen LogP contribution < -0.4 is 4.90 Å². The van der Waals surface area contributed by atoms with Gasteiger partial charge in [0, 0.05) is 6.42 Å². The van der Waals surface area contributed by atoms with E-state index in [4.69, 9.17) is 11.6 Å². The van der Waals surface area contributed by atoms with Crippen molar-refractivity contribution >= 4 is 35.1 Å². The van der Waals surface area contributed by atoms with E-state index >= 15 is 0 Å². The van der Waals surface area contributed by atoms with Gasteiger partial charge in [0.05, 0.1) is 16.1 Å². The predicted octanol–water partition coefficient (Wildman–Crippen LogP) is 2.86. The predicted molar refractivity (Wildman–Crippen MR) is 76.4 cm³/mol. The summed E-state index contributed by atoms with van der Waals surface area (Å²) in [7, 11) is 0. The monoisotopic (exact) mass is 307 g/mol. The third kappa shape index (κ3) is 2.03. The summed E-state index contributed by atoms with van der Waals surface area (Å²) in [6.45, 7) is 0. The van der Waals surface area contributed by atoms with Crippen LogP contribution in [0.2, 0.25) is 5.02 Å². The second-order valence-electron chi connectivity index (χ2n) is 5.64. The number of carbonyl (C=O) groups excluding carboxylic acids is 2. The van der Waals surface area contributed by atoms with Crippen LogP contribution in [-0.2, 0) is 9.59 Å². The maximum atomic E-state index is 12.7. The summed E-state index contributed by atoms with van der Waals surface area (Å²) in [5, 5.41) is 9.32. The molecule has 1 aromatic carbocycles. The molecule has 0 atom stereocenters. The number of hydrogen-bond acceptors (Lipinski definition) is 3. The van der Waals surface area contributed by atoms with Gasteiger partial charge in [0.2, 0.25) is 11.8 Å². The van der Waals surface area contributed by atoms with Gasteiger partial charge in [-0.25, -0.2) is 9.69 Å². The first-order chi connectivity index (χ1) is 9.96. The molecule has 6 heteroatoms. The number of benzene rings is 1. The lowest BCUT2D eigenvalue weighted by atomic mass is 9.84. The fourth-order valence-electron chi connectivity index (χ4n) is 3.39. The Hall–Kier alpha value is -1.88. The fraction of sp³-hybridized carbons (Fsp3) is 0.400. The van der Waals surface area contributed by atoms with Crippen LogP contribution in [-0.4, -0.2) is 22.9 Å². The molecule has 2 aliphatic rings. The summed E-state index contributed by atoms with van der Waals surface area (Å²) < 4.78 is 0. The quantitative estimate of drug-likeness (QED) is 0.853. The summed E-state index contributed by atoms with van der Waals surface area (Å²) in [5.41, 5.74) is -0.750. The maximum absolute atomic E-state index is 12.7. The number of carboxylic acid groups (broad SMARTS) is 1. The molecule has 3 rings (SSSR count). The van der Waals surface area contributed by atoms with Crippen LogP contribution in [0.3, 0.4) is 0 Å². The normalized spacial score (nSPS) is 20.5. The smallest absolute Gasteiger partial charge is 0.339 e. The van der Waals surface area contributed by atoms with Crippen molar-refractivity contribution in [2.45, 2.75) is 32.1 Å². The zero-order valence-electron chi connectivity index (χ0n) is 11.3. The van der Waals surface area contributed by atoms with E-state index in [1.165, 1.54) is 12.1 Å². The van der Waals surface area contributed by atoms with Gasteiger partial charge in [0.1, 0.15) is 5.56 Å². The van der Waals surface area contributed by atoms with Crippen LogP contribution >= 0.6 is 11.6 Å². The average Bonchev–Trinajstić information content (AvgIpc) is 2.96. The van der Waals surface area contributed by atoms with Crippen LogP contribution in [0.5, 0.6) is 0 Å². The third-order valence-corrected chi connectivity index (χ3v) is 4.72. The van der Waals surface area contributed by atoms with Gasteiger partial charge in [-0.15, -0.1) is 0 Å². The van der Waals surface area contributed by atoms with E-state index in [1.54, 1.807) is 6.07 Å². The number of imide groups is 1. The Morgan fingerprint density at radius 3 is 2.52 bits per heavy atom. The molecule has 1 heterocycles. The molecule has 21 heavy (non-hydrogen) atoms. The molecule has 1 spiro atoms. The minimum Gasteiger partial charge on any atom is -0.478 e. The third-order valence-electron chi connectivity index (χ3n) is 4.40. The van der Waals surface area contributed by atoms with E-state index in [1.807, 2.05) is 0 Å². The van der Waals surface area contributed by atoms with Gasteiger partial charge in [-0.3, -0.25) is 9.59 Å². The molecule has 1 aromatic rings. The van der Waals surface area contributed by atoms with E-state index < -0.39 is 11.4 Å². The molecule has 1 aliphatic carbocycles. The first-order valence-electron chi connectivity index (χ1n) is 6.85. The standard InChI is InChI=1S/C15H14ClNO4/c16-9-4-3-5-10(12(9)13(19)20)17-11(18)8-15(14(17)21)6-1-2-7-15/h3-5H,1-2,6-8H2,(H,19,20). The van der Waals surface area contributed by atoms with Crippen molar-refractivity contribution in [3.8, 4) is 0 Å². The second-order valence-corrected chi connectivity index (χ2v) is 6.04. The van der Waals surface area contributed by atoms with Gasteiger partial charge in [-0.1, -0.05) is 30.5 Å². The molecule has 1 saturated carbocycles. The van der Waals surface area contributed by atoms with Gasteiger partial charge in [-0.2, -0.15) is 0 Å². The fourth-order valence-corrected chi connectivity index (χ4v) is 3.64. The molecule has 2 fully saturated rings. The molecule has 0 bridgehead atoms. The van der Waals surface area contributed by atoms with Crippen LogP contribution in [0.25, 0.3) is 0 Å². The van der Waals surface area contributed by atoms with Crippen molar-refractivity contribution in [1.29, 1.82) is 0 Å². The Morgan fingerprint density at radius 1 is 1.24 bits per heavy atom. The molecule has 110 valence electrons. The van der Waals surface area contributed by atoms with Crippen LogP contribution in [0.15, 0.2) is 18.2 Å². The minimum atomic E-state index is -1.25. The van der Waals surface area contributed by atoms with E-state index in [-0.39, 0.29) is 34.5 Å². The lowest BCUT2D eigenvalue weighted by Gasteiger charge is -2.22. The lowest BCUT2D eigenvalue weighted by molar-refractivity contribution is -0.125. The zero-order chi connectivity index (χ0) is 15.2. The number of nitrogens with zero attached hydrogens (tertiary/aromatic N) is 1. The number of hydrogen-bond donors (Lipinski definition) is 1. The largest absolute Gasteiger partial charge is 0.478 e. The Kier molecular flexibility index (Phi) is 3.24. The van der Waals surface area contributed by atoms with E-state index in [0.29, 0.717) is 12.8 Å². The van der Waals surface area contributed by atoms with Crippen LogP contribution in [0.4, 0.5) is 5.69 Å². The van der Waals surface area contributed by atoms with Gasteiger partial charge in [-0.05, 0) is 25.0 Å². The van der Waals surface area contributed by atoms with Crippen molar-refractivity contribution in [3.63, 3.8) is 0 Å². The molecule has 0 aromatic heterocycles. The molecular formula is C15H14ClNO4. The molecule has 1 aliphatic heterocycles. The average molecular weight is 308 g/mol. The lowest BCUT2D eigenvalue weighted by Crippen LogP contribution is -2.35. The first-order valence-corrected chi connectivity index (χ1v) is 7.23. The molecular weight excluding hydrogens is 294 g/mol. The minimum absolute atomic E-state index is 0.0213. The number of carboxylic acids is 1.